The van der Waals surface area contributed by atoms with Gasteiger partial charge >= 0.3 is 0 Å². The molecule has 1 saturated heterocycles. The van der Waals surface area contributed by atoms with Gasteiger partial charge in [0.05, 0.1) is 12.1 Å². The minimum atomic E-state index is -0.594. The van der Waals surface area contributed by atoms with Gasteiger partial charge in [0.2, 0.25) is 17.7 Å². The van der Waals surface area contributed by atoms with E-state index in [1.165, 1.54) is 6.92 Å². The van der Waals surface area contributed by atoms with E-state index in [9.17, 15) is 14.4 Å². The second kappa shape index (κ2) is 7.94. The molecule has 0 bridgehead atoms. The van der Waals surface area contributed by atoms with Gasteiger partial charge in [0.25, 0.3) is 0 Å². The van der Waals surface area contributed by atoms with Crippen LogP contribution in [-0.4, -0.2) is 60.4 Å². The first-order chi connectivity index (χ1) is 12.1. The maximum Gasteiger partial charge on any atom is 0.246 e. The van der Waals surface area contributed by atoms with Crippen molar-refractivity contribution in [3.8, 4) is 0 Å². The molecule has 2 fully saturated rings. The van der Waals surface area contributed by atoms with Crippen LogP contribution in [0.3, 0.4) is 0 Å². The minimum Gasteiger partial charge on any atom is -0.352 e. The van der Waals surface area contributed by atoms with Gasteiger partial charge in [0, 0.05) is 19.5 Å². The number of hydrogen-bond donors (Lipinski definition) is 3. The van der Waals surface area contributed by atoms with E-state index >= 15 is 0 Å². The van der Waals surface area contributed by atoms with Crippen molar-refractivity contribution < 1.29 is 14.4 Å². The fourth-order valence-corrected chi connectivity index (χ4v) is 4.19. The van der Waals surface area contributed by atoms with E-state index in [0.29, 0.717) is 12.5 Å². The third kappa shape index (κ3) is 4.37. The largest absolute Gasteiger partial charge is 0.352 e. The van der Waals surface area contributed by atoms with Gasteiger partial charge in [-0.2, -0.15) is 0 Å². The fraction of sp³-hybridized carbons (Fsp3) is 0.842. The average Bonchev–Trinajstić information content (AvgIpc) is 3.12. The summed E-state index contributed by atoms with van der Waals surface area (Å²) in [4.78, 5) is 39.2. The Morgan fingerprint density at radius 3 is 2.31 bits per heavy atom. The van der Waals surface area contributed by atoms with Crippen LogP contribution in [0.4, 0.5) is 0 Å². The lowest BCUT2D eigenvalue weighted by molar-refractivity contribution is -0.141. The monoisotopic (exact) mass is 366 g/mol. The van der Waals surface area contributed by atoms with E-state index in [1.54, 1.807) is 14.0 Å². The Morgan fingerprint density at radius 1 is 1.12 bits per heavy atom. The summed E-state index contributed by atoms with van der Waals surface area (Å²) in [5, 5.41) is 8.86. The van der Waals surface area contributed by atoms with Crippen molar-refractivity contribution in [1.82, 2.24) is 20.9 Å². The molecule has 2 rings (SSSR count). The normalized spacial score (nSPS) is 27.6. The Labute approximate surface area is 156 Å². The molecule has 7 heteroatoms. The molecule has 0 spiro atoms. The first-order valence-corrected chi connectivity index (χ1v) is 9.61. The van der Waals surface area contributed by atoms with Gasteiger partial charge in [-0.3, -0.25) is 14.4 Å². The van der Waals surface area contributed by atoms with Crippen molar-refractivity contribution in [2.75, 3.05) is 13.6 Å². The molecule has 1 heterocycles. The highest BCUT2D eigenvalue weighted by Crippen LogP contribution is 2.39. The molecule has 148 valence electrons. The van der Waals surface area contributed by atoms with Crippen molar-refractivity contribution in [3.63, 3.8) is 0 Å². The van der Waals surface area contributed by atoms with Gasteiger partial charge in [-0.05, 0) is 44.6 Å². The summed E-state index contributed by atoms with van der Waals surface area (Å²) in [5.41, 5.74) is -0.402. The van der Waals surface area contributed by atoms with Crippen molar-refractivity contribution in [2.24, 2.45) is 11.3 Å². The highest BCUT2D eigenvalue weighted by atomic mass is 16.2. The van der Waals surface area contributed by atoms with Gasteiger partial charge in [0.15, 0.2) is 0 Å². The molecule has 2 aliphatic rings. The number of fused-ring (bicyclic) bond motifs is 1. The third-order valence-corrected chi connectivity index (χ3v) is 5.74. The first kappa shape index (κ1) is 20.7. The molecule has 1 unspecified atom stereocenters. The zero-order valence-electron chi connectivity index (χ0n) is 16.9. The van der Waals surface area contributed by atoms with Gasteiger partial charge in [-0.1, -0.05) is 20.8 Å². The van der Waals surface area contributed by atoms with Gasteiger partial charge in [-0.25, -0.2) is 0 Å². The standard InChI is InChI=1S/C19H34N4O3/c1-11(20-6)17(25)22-16(19(3,4)5)18(26)23-10-9-13-7-8-14(15(13)23)21-12(2)24/h11,13-16,20H,7-10H2,1-6H3,(H,21,24)(H,22,25)/t11-,13+,14-,15-,16?/m0/s1. The quantitative estimate of drug-likeness (QED) is 0.666. The highest BCUT2D eigenvalue weighted by molar-refractivity contribution is 5.90. The smallest absolute Gasteiger partial charge is 0.246 e. The number of rotatable bonds is 5. The van der Waals surface area contributed by atoms with Crippen molar-refractivity contribution >= 4 is 17.7 Å². The molecule has 26 heavy (non-hydrogen) atoms. The Kier molecular flexibility index (Phi) is 6.32. The number of likely N-dealkylation sites (N-methyl/N-ethyl adjacent to an activating group) is 1. The van der Waals surface area contributed by atoms with Gasteiger partial charge in [-0.15, -0.1) is 0 Å². The van der Waals surface area contributed by atoms with Crippen molar-refractivity contribution in [1.29, 1.82) is 0 Å². The molecular formula is C19H34N4O3. The lowest BCUT2D eigenvalue weighted by atomic mass is 9.85. The summed E-state index contributed by atoms with van der Waals surface area (Å²) < 4.78 is 0. The summed E-state index contributed by atoms with van der Waals surface area (Å²) in [5.74, 6) is 0.155. The zero-order valence-corrected chi connectivity index (χ0v) is 16.9. The number of nitrogens with zero attached hydrogens (tertiary/aromatic N) is 1. The molecule has 0 aromatic rings. The molecule has 3 amide bonds. The van der Waals surface area contributed by atoms with Crippen LogP contribution >= 0.6 is 0 Å². The molecule has 5 atom stereocenters. The van der Waals surface area contributed by atoms with E-state index in [0.717, 1.165) is 19.3 Å². The summed E-state index contributed by atoms with van der Waals surface area (Å²) in [6.45, 7) is 9.88. The molecule has 0 aromatic heterocycles. The van der Waals surface area contributed by atoms with E-state index in [-0.39, 0.29) is 35.8 Å². The van der Waals surface area contributed by atoms with E-state index in [4.69, 9.17) is 0 Å². The number of hydrogen-bond acceptors (Lipinski definition) is 4. The Bertz CT molecular complexity index is 557. The van der Waals surface area contributed by atoms with Gasteiger partial charge in [0.1, 0.15) is 6.04 Å². The maximum atomic E-state index is 13.4. The van der Waals surface area contributed by atoms with Crippen molar-refractivity contribution in [3.05, 3.63) is 0 Å². The van der Waals surface area contributed by atoms with Gasteiger partial charge < -0.3 is 20.9 Å². The molecule has 0 aromatic carbocycles. The van der Waals surface area contributed by atoms with Crippen molar-refractivity contribution in [2.45, 2.75) is 78.0 Å². The van der Waals surface area contributed by atoms with E-state index < -0.39 is 11.5 Å². The Balaban J connectivity index is 2.19. The maximum absolute atomic E-state index is 13.4. The van der Waals surface area contributed by atoms with E-state index in [1.807, 2.05) is 25.7 Å². The van der Waals surface area contributed by atoms with Crippen LogP contribution in [0.5, 0.6) is 0 Å². The minimum absolute atomic E-state index is 0.0106. The Hall–Kier alpha value is -1.63. The molecule has 1 aliphatic carbocycles. The second-order valence-corrected chi connectivity index (χ2v) is 8.77. The number of likely N-dealkylation sites (tertiary alicyclic amines) is 1. The van der Waals surface area contributed by atoms with Crippen LogP contribution < -0.4 is 16.0 Å². The lowest BCUT2D eigenvalue weighted by Gasteiger charge is -2.37. The molecule has 0 radical (unpaired) electrons. The number of carbonyl (C=O) groups excluding carboxylic acids is 3. The molecule has 7 nitrogen and oxygen atoms in total. The first-order valence-electron chi connectivity index (χ1n) is 9.61. The van der Waals surface area contributed by atoms with E-state index in [2.05, 4.69) is 16.0 Å². The van der Waals surface area contributed by atoms with Crippen LogP contribution in [0, 0.1) is 11.3 Å². The summed E-state index contributed by atoms with van der Waals surface area (Å²) >= 11 is 0. The topological polar surface area (TPSA) is 90.5 Å². The second-order valence-electron chi connectivity index (χ2n) is 8.77. The SMILES string of the molecule is CN[C@@H](C)C(=O)NC(C(=O)N1CC[C@H]2CC[C@H](NC(C)=O)[C@H]21)C(C)(C)C. The molecule has 1 saturated carbocycles. The zero-order chi connectivity index (χ0) is 19.6. The average molecular weight is 367 g/mol. The van der Waals surface area contributed by atoms with Crippen LogP contribution in [0.25, 0.3) is 0 Å². The summed E-state index contributed by atoms with van der Waals surface area (Å²) in [6.07, 6.45) is 2.90. The molecule has 1 aliphatic heterocycles. The number of amides is 3. The molecule has 3 N–H and O–H groups in total. The van der Waals surface area contributed by atoms with Crippen LogP contribution in [-0.2, 0) is 14.4 Å². The van der Waals surface area contributed by atoms with Crippen LogP contribution in [0.15, 0.2) is 0 Å². The molecular weight excluding hydrogens is 332 g/mol. The predicted molar refractivity (Wildman–Crippen MR) is 100 cm³/mol. The third-order valence-electron chi connectivity index (χ3n) is 5.74. The number of nitrogens with one attached hydrogen (secondary N) is 3. The predicted octanol–water partition coefficient (Wildman–Crippen LogP) is 0.641. The number of carbonyl (C=O) groups is 3. The van der Waals surface area contributed by atoms with Crippen LogP contribution in [0.2, 0.25) is 0 Å². The summed E-state index contributed by atoms with van der Waals surface area (Å²) in [7, 11) is 1.72. The Morgan fingerprint density at radius 2 is 1.77 bits per heavy atom. The van der Waals surface area contributed by atoms with Crippen LogP contribution in [0.1, 0.15) is 53.9 Å². The lowest BCUT2D eigenvalue weighted by Crippen LogP contribution is -2.60. The summed E-state index contributed by atoms with van der Waals surface area (Å²) in [6, 6.07) is -0.910. The highest BCUT2D eigenvalue weighted by Gasteiger charge is 2.49. The fourth-order valence-electron chi connectivity index (χ4n) is 4.19.